The van der Waals surface area contributed by atoms with Gasteiger partial charge in [-0.05, 0) is 36.2 Å². The van der Waals surface area contributed by atoms with Crippen LogP contribution in [0.5, 0.6) is 0 Å². The van der Waals surface area contributed by atoms with E-state index in [1.807, 2.05) is 0 Å². The Hall–Kier alpha value is -2.41. The highest BCUT2D eigenvalue weighted by molar-refractivity contribution is 7.90. The number of carbonyl (C=O) groups is 1. The topological polar surface area (TPSA) is 66.5 Å². The van der Waals surface area contributed by atoms with Crippen LogP contribution in [0.1, 0.15) is 12.0 Å². The molecule has 1 saturated heterocycles. The smallest absolute Gasteiger partial charge is 0.245 e. The molecule has 1 N–H and O–H groups in total. The van der Waals surface area contributed by atoms with E-state index >= 15 is 0 Å². The third-order valence-corrected chi connectivity index (χ3v) is 5.36. The second-order valence-corrected chi connectivity index (χ2v) is 8.12. The van der Waals surface area contributed by atoms with Gasteiger partial charge in [-0.1, -0.05) is 24.3 Å². The Morgan fingerprint density at radius 3 is 2.52 bits per heavy atom. The van der Waals surface area contributed by atoms with Gasteiger partial charge in [-0.25, -0.2) is 12.8 Å². The molecule has 1 unspecified atom stereocenters. The van der Waals surface area contributed by atoms with E-state index in [-0.39, 0.29) is 16.6 Å². The lowest BCUT2D eigenvalue weighted by Crippen LogP contribution is -2.33. The van der Waals surface area contributed by atoms with Crippen LogP contribution in [0.2, 0.25) is 0 Å². The van der Waals surface area contributed by atoms with E-state index in [0.29, 0.717) is 25.2 Å². The minimum absolute atomic E-state index is 0.0902. The normalized spacial score (nSPS) is 17.8. The third-order valence-electron chi connectivity index (χ3n) is 4.20. The number of anilines is 1. The molecule has 0 radical (unpaired) electrons. The molecule has 7 heteroatoms. The molecule has 1 amide bonds. The van der Waals surface area contributed by atoms with Gasteiger partial charge in [0.1, 0.15) is 11.9 Å². The SMILES string of the molecule is CS(=O)(=O)c1ccccc1NC1CCN(Cc2ccc(F)cc2)C1=O. The van der Waals surface area contributed by atoms with Crippen molar-refractivity contribution in [2.75, 3.05) is 18.1 Å². The molecule has 0 saturated carbocycles. The Morgan fingerprint density at radius 2 is 1.84 bits per heavy atom. The van der Waals surface area contributed by atoms with E-state index in [1.54, 1.807) is 35.2 Å². The summed E-state index contributed by atoms with van der Waals surface area (Å²) in [6.07, 6.45) is 1.73. The summed E-state index contributed by atoms with van der Waals surface area (Å²) in [7, 11) is -3.38. The fourth-order valence-corrected chi connectivity index (χ4v) is 3.79. The summed E-state index contributed by atoms with van der Waals surface area (Å²) in [6, 6.07) is 12.1. The number of sulfone groups is 1. The maximum absolute atomic E-state index is 13.0. The first kappa shape index (κ1) is 17.4. The zero-order valence-corrected chi connectivity index (χ0v) is 14.6. The number of rotatable bonds is 5. The summed E-state index contributed by atoms with van der Waals surface area (Å²) >= 11 is 0. The predicted molar refractivity (Wildman–Crippen MR) is 93.4 cm³/mol. The molecule has 2 aromatic carbocycles. The number of para-hydroxylation sites is 1. The zero-order chi connectivity index (χ0) is 18.0. The quantitative estimate of drug-likeness (QED) is 0.887. The summed E-state index contributed by atoms with van der Waals surface area (Å²) < 4.78 is 36.7. The summed E-state index contributed by atoms with van der Waals surface area (Å²) in [6.45, 7) is 0.972. The number of hydrogen-bond acceptors (Lipinski definition) is 4. The van der Waals surface area contributed by atoms with Crippen molar-refractivity contribution in [1.29, 1.82) is 0 Å². The molecule has 25 heavy (non-hydrogen) atoms. The van der Waals surface area contributed by atoms with Gasteiger partial charge < -0.3 is 10.2 Å². The standard InChI is InChI=1S/C18H19FN2O3S/c1-25(23,24)17-5-3-2-4-15(17)20-16-10-11-21(18(16)22)12-13-6-8-14(19)9-7-13/h2-9,16,20H,10-12H2,1H3. The van der Waals surface area contributed by atoms with Gasteiger partial charge in [-0.3, -0.25) is 4.79 Å². The van der Waals surface area contributed by atoms with E-state index in [1.165, 1.54) is 18.2 Å². The monoisotopic (exact) mass is 362 g/mol. The largest absolute Gasteiger partial charge is 0.373 e. The molecule has 2 aromatic rings. The Kier molecular flexibility index (Phi) is 4.76. The molecule has 1 aliphatic rings. The van der Waals surface area contributed by atoms with Crippen LogP contribution in [-0.2, 0) is 21.2 Å². The second kappa shape index (κ2) is 6.84. The van der Waals surface area contributed by atoms with Crippen LogP contribution in [0.4, 0.5) is 10.1 Å². The van der Waals surface area contributed by atoms with Crippen molar-refractivity contribution in [2.24, 2.45) is 0 Å². The fourth-order valence-electron chi connectivity index (χ4n) is 2.94. The molecule has 0 bridgehead atoms. The van der Waals surface area contributed by atoms with Gasteiger partial charge >= 0.3 is 0 Å². The van der Waals surface area contributed by atoms with Crippen LogP contribution in [0.15, 0.2) is 53.4 Å². The lowest BCUT2D eigenvalue weighted by molar-refractivity contribution is -0.128. The Labute approximate surface area is 146 Å². The van der Waals surface area contributed by atoms with Gasteiger partial charge in [-0.15, -0.1) is 0 Å². The number of halogens is 1. The number of amides is 1. The molecule has 1 heterocycles. The number of likely N-dealkylation sites (tertiary alicyclic amines) is 1. The van der Waals surface area contributed by atoms with E-state index in [0.717, 1.165) is 11.8 Å². The van der Waals surface area contributed by atoms with Crippen molar-refractivity contribution in [3.63, 3.8) is 0 Å². The first-order valence-electron chi connectivity index (χ1n) is 7.93. The third kappa shape index (κ3) is 3.99. The van der Waals surface area contributed by atoms with E-state index < -0.39 is 15.9 Å². The lowest BCUT2D eigenvalue weighted by atomic mass is 10.2. The van der Waals surface area contributed by atoms with Crippen molar-refractivity contribution in [2.45, 2.75) is 23.9 Å². The van der Waals surface area contributed by atoms with Crippen LogP contribution in [-0.4, -0.2) is 38.1 Å². The number of benzene rings is 2. The molecule has 0 aromatic heterocycles. The Bertz CT molecular complexity index is 881. The minimum atomic E-state index is -3.38. The summed E-state index contributed by atoms with van der Waals surface area (Å²) in [5.41, 5.74) is 1.29. The van der Waals surface area contributed by atoms with Crippen molar-refractivity contribution in [1.82, 2.24) is 4.90 Å². The van der Waals surface area contributed by atoms with E-state index in [4.69, 9.17) is 0 Å². The summed E-state index contributed by atoms with van der Waals surface area (Å²) in [4.78, 5) is 14.5. The maximum Gasteiger partial charge on any atom is 0.245 e. The van der Waals surface area contributed by atoms with Crippen molar-refractivity contribution in [3.05, 3.63) is 59.9 Å². The van der Waals surface area contributed by atoms with Crippen molar-refractivity contribution >= 4 is 21.4 Å². The fraction of sp³-hybridized carbons (Fsp3) is 0.278. The predicted octanol–water partition coefficient (Wildman–Crippen LogP) is 2.44. The van der Waals surface area contributed by atoms with Gasteiger partial charge in [0.25, 0.3) is 0 Å². The number of hydrogen-bond donors (Lipinski definition) is 1. The van der Waals surface area contributed by atoms with Crippen LogP contribution >= 0.6 is 0 Å². The average molecular weight is 362 g/mol. The van der Waals surface area contributed by atoms with Gasteiger partial charge in [-0.2, -0.15) is 0 Å². The highest BCUT2D eigenvalue weighted by Gasteiger charge is 2.32. The molecule has 1 aliphatic heterocycles. The first-order chi connectivity index (χ1) is 11.8. The number of nitrogens with zero attached hydrogens (tertiary/aromatic N) is 1. The Morgan fingerprint density at radius 1 is 1.16 bits per heavy atom. The Balaban J connectivity index is 1.72. The van der Waals surface area contributed by atoms with Gasteiger partial charge in [0.05, 0.1) is 10.6 Å². The molecule has 0 aliphatic carbocycles. The summed E-state index contributed by atoms with van der Waals surface area (Å²) in [5, 5.41) is 3.06. The minimum Gasteiger partial charge on any atom is -0.373 e. The molecular weight excluding hydrogens is 343 g/mol. The average Bonchev–Trinajstić information content (AvgIpc) is 2.90. The maximum atomic E-state index is 13.0. The molecule has 1 fully saturated rings. The first-order valence-corrected chi connectivity index (χ1v) is 9.82. The molecular formula is C18H19FN2O3S. The molecule has 5 nitrogen and oxygen atoms in total. The number of carbonyl (C=O) groups excluding carboxylic acids is 1. The zero-order valence-electron chi connectivity index (χ0n) is 13.8. The van der Waals surface area contributed by atoms with Crippen LogP contribution in [0.25, 0.3) is 0 Å². The van der Waals surface area contributed by atoms with E-state index in [9.17, 15) is 17.6 Å². The van der Waals surface area contributed by atoms with Gasteiger partial charge in [0.15, 0.2) is 9.84 Å². The molecule has 3 rings (SSSR count). The molecule has 0 spiro atoms. The van der Waals surface area contributed by atoms with E-state index in [2.05, 4.69) is 5.32 Å². The van der Waals surface area contributed by atoms with Crippen LogP contribution in [0, 0.1) is 5.82 Å². The second-order valence-electron chi connectivity index (χ2n) is 6.14. The molecule has 1 atom stereocenters. The van der Waals surface area contributed by atoms with Crippen LogP contribution < -0.4 is 5.32 Å². The van der Waals surface area contributed by atoms with Gasteiger partial charge in [0.2, 0.25) is 5.91 Å². The van der Waals surface area contributed by atoms with Crippen LogP contribution in [0.3, 0.4) is 0 Å². The lowest BCUT2D eigenvalue weighted by Gasteiger charge is -2.18. The van der Waals surface area contributed by atoms with Gasteiger partial charge in [0, 0.05) is 19.3 Å². The highest BCUT2D eigenvalue weighted by Crippen LogP contribution is 2.25. The number of nitrogens with one attached hydrogen (secondary N) is 1. The summed E-state index contributed by atoms with van der Waals surface area (Å²) in [5.74, 6) is -0.402. The highest BCUT2D eigenvalue weighted by atomic mass is 32.2. The molecule has 132 valence electrons. The van der Waals surface area contributed by atoms with Crippen molar-refractivity contribution < 1.29 is 17.6 Å². The van der Waals surface area contributed by atoms with Crippen molar-refractivity contribution in [3.8, 4) is 0 Å².